The van der Waals surface area contributed by atoms with Gasteiger partial charge in [0, 0.05) is 32.4 Å². The lowest BCUT2D eigenvalue weighted by molar-refractivity contribution is 0.205. The highest BCUT2D eigenvalue weighted by molar-refractivity contribution is 5.40. The molecule has 4 nitrogen and oxygen atoms in total. The molecule has 106 valence electrons. The molecule has 0 aliphatic heterocycles. The van der Waals surface area contributed by atoms with Crippen molar-refractivity contribution in [2.75, 3.05) is 38.3 Å². The van der Waals surface area contributed by atoms with Crippen molar-refractivity contribution in [2.24, 2.45) is 0 Å². The molecular formula is C15H25N3O. The number of anilines is 1. The minimum absolute atomic E-state index is 0.332. The van der Waals surface area contributed by atoms with E-state index in [1.165, 1.54) is 5.56 Å². The number of nitrogens with one attached hydrogen (secondary N) is 1. The van der Waals surface area contributed by atoms with Crippen LogP contribution in [0.2, 0.25) is 0 Å². The van der Waals surface area contributed by atoms with Gasteiger partial charge in [0.15, 0.2) is 0 Å². The van der Waals surface area contributed by atoms with Crippen molar-refractivity contribution < 1.29 is 4.74 Å². The number of rotatable bonds is 9. The molecule has 0 bridgehead atoms. The molecule has 1 heterocycles. The summed E-state index contributed by atoms with van der Waals surface area (Å²) in [4.78, 5) is 6.69. The van der Waals surface area contributed by atoms with Gasteiger partial charge in [-0.1, -0.05) is 19.1 Å². The molecule has 0 amide bonds. The smallest absolute Gasteiger partial charge is 0.128 e. The predicted octanol–water partition coefficient (Wildman–Crippen LogP) is 2.39. The Morgan fingerprint density at radius 2 is 2.32 bits per heavy atom. The van der Waals surface area contributed by atoms with Gasteiger partial charge in [-0.15, -0.1) is 6.58 Å². The van der Waals surface area contributed by atoms with Crippen LogP contribution in [0.4, 0.5) is 5.82 Å². The summed E-state index contributed by atoms with van der Waals surface area (Å²) in [5.41, 5.74) is 1.20. The van der Waals surface area contributed by atoms with Crippen LogP contribution in [0.5, 0.6) is 0 Å². The molecule has 1 N–H and O–H groups in total. The first kappa shape index (κ1) is 15.7. The molecule has 0 aromatic carbocycles. The maximum Gasteiger partial charge on any atom is 0.128 e. The lowest BCUT2D eigenvalue weighted by atomic mass is 10.1. The second kappa shape index (κ2) is 8.67. The van der Waals surface area contributed by atoms with Crippen LogP contribution in [-0.4, -0.2) is 38.3 Å². The monoisotopic (exact) mass is 263 g/mol. The Morgan fingerprint density at radius 3 is 2.84 bits per heavy atom. The summed E-state index contributed by atoms with van der Waals surface area (Å²) < 4.78 is 5.12. The van der Waals surface area contributed by atoms with Crippen molar-refractivity contribution in [3.63, 3.8) is 0 Å². The Balaban J connectivity index is 2.73. The number of pyridine rings is 1. The summed E-state index contributed by atoms with van der Waals surface area (Å²) in [7, 11) is 1.71. The van der Waals surface area contributed by atoms with Crippen molar-refractivity contribution in [3.05, 3.63) is 36.5 Å². The minimum atomic E-state index is 0.332. The van der Waals surface area contributed by atoms with Crippen LogP contribution in [0.3, 0.4) is 0 Å². The number of ether oxygens (including phenoxy) is 1. The molecule has 1 rings (SSSR count). The minimum Gasteiger partial charge on any atom is -0.383 e. The van der Waals surface area contributed by atoms with E-state index in [2.05, 4.69) is 47.8 Å². The first-order valence-electron chi connectivity index (χ1n) is 6.77. The summed E-state index contributed by atoms with van der Waals surface area (Å²) in [5, 5.41) is 3.38. The fourth-order valence-electron chi connectivity index (χ4n) is 1.92. The van der Waals surface area contributed by atoms with Crippen LogP contribution in [0.1, 0.15) is 25.5 Å². The molecule has 1 unspecified atom stereocenters. The molecule has 19 heavy (non-hydrogen) atoms. The van der Waals surface area contributed by atoms with Gasteiger partial charge >= 0.3 is 0 Å². The van der Waals surface area contributed by atoms with Crippen LogP contribution < -0.4 is 10.2 Å². The molecule has 1 aromatic rings. The van der Waals surface area contributed by atoms with E-state index in [1.807, 2.05) is 12.3 Å². The molecule has 0 fully saturated rings. The van der Waals surface area contributed by atoms with Crippen LogP contribution in [0.25, 0.3) is 0 Å². The zero-order chi connectivity index (χ0) is 14.1. The standard InChI is InChI=1S/C15H25N3O/c1-5-9-18(10-11-19-4)15-8-7-14(12-17-15)13(3)16-6-2/h5,7-8,12-13,16H,1,6,9-11H2,2-4H3. The van der Waals surface area contributed by atoms with E-state index in [0.717, 1.165) is 25.5 Å². The average molecular weight is 263 g/mol. The Hall–Kier alpha value is -1.39. The summed E-state index contributed by atoms with van der Waals surface area (Å²) >= 11 is 0. The van der Waals surface area contributed by atoms with E-state index in [0.29, 0.717) is 12.6 Å². The van der Waals surface area contributed by atoms with Gasteiger partial charge in [-0.3, -0.25) is 0 Å². The molecular weight excluding hydrogens is 238 g/mol. The van der Waals surface area contributed by atoms with Gasteiger partial charge in [0.1, 0.15) is 5.82 Å². The molecule has 0 aliphatic rings. The quantitative estimate of drug-likeness (QED) is 0.694. The SMILES string of the molecule is C=CCN(CCOC)c1ccc(C(C)NCC)cn1. The van der Waals surface area contributed by atoms with Gasteiger partial charge in [-0.05, 0) is 25.1 Å². The molecule has 0 aliphatic carbocycles. The van der Waals surface area contributed by atoms with E-state index in [9.17, 15) is 0 Å². The lowest BCUT2D eigenvalue weighted by Crippen LogP contribution is -2.28. The van der Waals surface area contributed by atoms with Crippen molar-refractivity contribution in [1.29, 1.82) is 0 Å². The van der Waals surface area contributed by atoms with Gasteiger partial charge < -0.3 is 15.0 Å². The highest BCUT2D eigenvalue weighted by Crippen LogP contribution is 2.16. The number of aromatic nitrogens is 1. The number of hydrogen-bond acceptors (Lipinski definition) is 4. The van der Waals surface area contributed by atoms with Crippen molar-refractivity contribution in [3.8, 4) is 0 Å². The second-order valence-corrected chi connectivity index (χ2v) is 4.46. The Labute approximate surface area is 116 Å². The van der Waals surface area contributed by atoms with E-state index in [1.54, 1.807) is 7.11 Å². The van der Waals surface area contributed by atoms with E-state index in [-0.39, 0.29) is 0 Å². The van der Waals surface area contributed by atoms with Gasteiger partial charge in [0.05, 0.1) is 6.61 Å². The number of methoxy groups -OCH3 is 1. The van der Waals surface area contributed by atoms with Crippen LogP contribution in [-0.2, 0) is 4.74 Å². The van der Waals surface area contributed by atoms with Gasteiger partial charge in [0.2, 0.25) is 0 Å². The molecule has 1 aromatic heterocycles. The maximum absolute atomic E-state index is 5.12. The number of hydrogen-bond donors (Lipinski definition) is 1. The van der Waals surface area contributed by atoms with Gasteiger partial charge in [-0.2, -0.15) is 0 Å². The molecule has 0 spiro atoms. The second-order valence-electron chi connectivity index (χ2n) is 4.46. The fourth-order valence-corrected chi connectivity index (χ4v) is 1.92. The largest absolute Gasteiger partial charge is 0.383 e. The Morgan fingerprint density at radius 1 is 1.53 bits per heavy atom. The highest BCUT2D eigenvalue weighted by Gasteiger charge is 2.08. The highest BCUT2D eigenvalue weighted by atomic mass is 16.5. The molecule has 0 radical (unpaired) electrons. The van der Waals surface area contributed by atoms with E-state index in [4.69, 9.17) is 4.74 Å². The van der Waals surface area contributed by atoms with Crippen LogP contribution in [0, 0.1) is 0 Å². The summed E-state index contributed by atoms with van der Waals surface area (Å²) in [5.74, 6) is 0.962. The molecule has 0 saturated heterocycles. The number of nitrogens with zero attached hydrogens (tertiary/aromatic N) is 2. The molecule has 1 atom stereocenters. The third kappa shape index (κ3) is 5.01. The van der Waals surface area contributed by atoms with Crippen molar-refractivity contribution >= 4 is 5.82 Å². The Kier molecular flexibility index (Phi) is 7.15. The topological polar surface area (TPSA) is 37.4 Å². The molecule has 4 heteroatoms. The van der Waals surface area contributed by atoms with Crippen molar-refractivity contribution in [1.82, 2.24) is 10.3 Å². The van der Waals surface area contributed by atoms with Crippen molar-refractivity contribution in [2.45, 2.75) is 19.9 Å². The summed E-state index contributed by atoms with van der Waals surface area (Å²) in [6.07, 6.45) is 3.82. The third-order valence-electron chi connectivity index (χ3n) is 3.02. The van der Waals surface area contributed by atoms with E-state index < -0.39 is 0 Å². The van der Waals surface area contributed by atoms with E-state index >= 15 is 0 Å². The van der Waals surface area contributed by atoms with Gasteiger partial charge in [0.25, 0.3) is 0 Å². The van der Waals surface area contributed by atoms with Crippen LogP contribution in [0.15, 0.2) is 31.0 Å². The summed E-state index contributed by atoms with van der Waals surface area (Å²) in [6, 6.07) is 4.51. The lowest BCUT2D eigenvalue weighted by Gasteiger charge is -2.22. The zero-order valence-electron chi connectivity index (χ0n) is 12.2. The Bertz CT molecular complexity index is 364. The third-order valence-corrected chi connectivity index (χ3v) is 3.02. The van der Waals surface area contributed by atoms with Gasteiger partial charge in [-0.25, -0.2) is 4.98 Å². The first-order chi connectivity index (χ1) is 9.22. The average Bonchev–Trinajstić information content (AvgIpc) is 2.44. The molecule has 0 saturated carbocycles. The normalized spacial score (nSPS) is 12.2. The fraction of sp³-hybridized carbons (Fsp3) is 0.533. The maximum atomic E-state index is 5.12. The predicted molar refractivity (Wildman–Crippen MR) is 80.6 cm³/mol. The zero-order valence-corrected chi connectivity index (χ0v) is 12.2. The first-order valence-corrected chi connectivity index (χ1v) is 6.77. The van der Waals surface area contributed by atoms with Crippen LogP contribution >= 0.6 is 0 Å². The summed E-state index contributed by atoms with van der Waals surface area (Å²) in [6.45, 7) is 11.3.